The van der Waals surface area contributed by atoms with Crippen molar-refractivity contribution >= 4 is 11.8 Å². The monoisotopic (exact) mass is 414 g/mol. The molecule has 2 rings (SSSR count). The summed E-state index contributed by atoms with van der Waals surface area (Å²) in [4.78, 5) is 27.1. The lowest BCUT2D eigenvalue weighted by Crippen LogP contribution is -2.50. The molecule has 0 aromatic heterocycles. The molecule has 1 N–H and O–H groups in total. The molecule has 0 aliphatic rings. The molecule has 2 amide bonds. The Hall–Kier alpha value is -2.89. The van der Waals surface area contributed by atoms with Crippen molar-refractivity contribution in [1.82, 2.24) is 10.2 Å². The summed E-state index contributed by atoms with van der Waals surface area (Å²) in [6.07, 6.45) is 0. The molecule has 5 nitrogen and oxygen atoms in total. The third-order valence-corrected chi connectivity index (χ3v) is 4.76. The Balaban J connectivity index is 2.19. The van der Waals surface area contributed by atoms with Gasteiger partial charge in [-0.3, -0.25) is 9.59 Å². The second kappa shape index (κ2) is 10.8. The molecule has 2 aromatic carbocycles. The van der Waals surface area contributed by atoms with Crippen molar-refractivity contribution < 1.29 is 18.7 Å². The zero-order chi connectivity index (χ0) is 22.3. The fourth-order valence-electron chi connectivity index (χ4n) is 3.09. The van der Waals surface area contributed by atoms with Gasteiger partial charge in [0.1, 0.15) is 17.6 Å². The third-order valence-electron chi connectivity index (χ3n) is 4.76. The predicted octanol–water partition coefficient (Wildman–Crippen LogP) is 4.27. The number of ether oxygens (including phenoxy) is 1. The summed E-state index contributed by atoms with van der Waals surface area (Å²) in [6, 6.07) is 12.8. The van der Waals surface area contributed by atoms with E-state index in [-0.39, 0.29) is 42.7 Å². The summed E-state index contributed by atoms with van der Waals surface area (Å²) in [5.74, 6) is -0.00702. The van der Waals surface area contributed by atoms with E-state index in [1.807, 2.05) is 38.1 Å². The first-order valence-corrected chi connectivity index (χ1v) is 10.2. The van der Waals surface area contributed by atoms with Gasteiger partial charge < -0.3 is 15.0 Å². The summed E-state index contributed by atoms with van der Waals surface area (Å²) in [6.45, 7) is 9.52. The van der Waals surface area contributed by atoms with E-state index in [4.69, 9.17) is 4.74 Å². The molecular formula is C24H31FN2O3. The maximum absolute atomic E-state index is 13.3. The van der Waals surface area contributed by atoms with Crippen LogP contribution in [0.3, 0.4) is 0 Å². The van der Waals surface area contributed by atoms with Gasteiger partial charge in [0.05, 0.1) is 0 Å². The van der Waals surface area contributed by atoms with Crippen molar-refractivity contribution in [3.63, 3.8) is 0 Å². The van der Waals surface area contributed by atoms with Crippen LogP contribution in [0.15, 0.2) is 48.5 Å². The summed E-state index contributed by atoms with van der Waals surface area (Å²) in [5, 5.41) is 2.84. The van der Waals surface area contributed by atoms with Crippen LogP contribution >= 0.6 is 0 Å². The highest BCUT2D eigenvalue weighted by atomic mass is 19.1. The number of amides is 2. The number of hydrogen-bond donors (Lipinski definition) is 1. The van der Waals surface area contributed by atoms with Gasteiger partial charge in [-0.05, 0) is 56.0 Å². The molecule has 0 saturated heterocycles. The second-order valence-electron chi connectivity index (χ2n) is 7.97. The number of rotatable bonds is 9. The summed E-state index contributed by atoms with van der Waals surface area (Å²) in [5.41, 5.74) is 1.75. The highest BCUT2D eigenvalue weighted by Gasteiger charge is 2.27. The predicted molar refractivity (Wildman–Crippen MR) is 116 cm³/mol. The molecule has 0 bridgehead atoms. The topological polar surface area (TPSA) is 58.6 Å². The number of nitrogens with one attached hydrogen (secondary N) is 1. The van der Waals surface area contributed by atoms with E-state index < -0.39 is 6.04 Å². The zero-order valence-corrected chi connectivity index (χ0v) is 18.3. The van der Waals surface area contributed by atoms with Gasteiger partial charge >= 0.3 is 0 Å². The summed E-state index contributed by atoms with van der Waals surface area (Å²) < 4.78 is 19.1. The van der Waals surface area contributed by atoms with Crippen molar-refractivity contribution in [2.75, 3.05) is 6.61 Å². The van der Waals surface area contributed by atoms with Gasteiger partial charge in [-0.2, -0.15) is 0 Å². The number of carbonyl (C=O) groups excluding carboxylic acids is 2. The number of halogens is 1. The van der Waals surface area contributed by atoms with Crippen molar-refractivity contribution in [2.45, 2.75) is 59.2 Å². The average Bonchev–Trinajstić information content (AvgIpc) is 2.70. The van der Waals surface area contributed by atoms with Gasteiger partial charge in [-0.25, -0.2) is 4.39 Å². The van der Waals surface area contributed by atoms with E-state index in [0.717, 1.165) is 11.1 Å². The molecule has 0 fully saturated rings. The van der Waals surface area contributed by atoms with Crippen LogP contribution in [-0.2, 0) is 16.1 Å². The first-order chi connectivity index (χ1) is 14.2. The number of benzene rings is 2. The van der Waals surface area contributed by atoms with Crippen LogP contribution in [0.5, 0.6) is 5.75 Å². The molecule has 1 atom stereocenters. The van der Waals surface area contributed by atoms with Gasteiger partial charge in [0.15, 0.2) is 6.61 Å². The maximum atomic E-state index is 13.3. The lowest BCUT2D eigenvalue weighted by Gasteiger charge is -2.29. The van der Waals surface area contributed by atoms with E-state index in [9.17, 15) is 14.0 Å². The minimum Gasteiger partial charge on any atom is -0.483 e. The minimum atomic E-state index is -0.700. The van der Waals surface area contributed by atoms with Gasteiger partial charge in [-0.15, -0.1) is 0 Å². The zero-order valence-electron chi connectivity index (χ0n) is 18.3. The summed E-state index contributed by atoms with van der Waals surface area (Å²) >= 11 is 0. The van der Waals surface area contributed by atoms with Gasteiger partial charge in [0.25, 0.3) is 5.91 Å². The van der Waals surface area contributed by atoms with Crippen LogP contribution in [0.2, 0.25) is 0 Å². The molecule has 0 saturated carbocycles. The molecule has 6 heteroatoms. The Morgan fingerprint density at radius 2 is 1.63 bits per heavy atom. The molecule has 0 spiro atoms. The Labute approximate surface area is 178 Å². The van der Waals surface area contributed by atoms with Crippen molar-refractivity contribution in [1.29, 1.82) is 0 Å². The van der Waals surface area contributed by atoms with Crippen LogP contribution in [0, 0.1) is 5.82 Å². The SMILES string of the molecule is CC(C)NC(=O)[C@@H](C)N(Cc1ccc(F)cc1)C(=O)COc1ccccc1C(C)C. The second-order valence-corrected chi connectivity index (χ2v) is 7.97. The number of nitrogens with zero attached hydrogens (tertiary/aromatic N) is 1. The van der Waals surface area contributed by atoms with Gasteiger partial charge in [-0.1, -0.05) is 44.2 Å². The van der Waals surface area contributed by atoms with Crippen molar-refractivity contribution in [3.05, 3.63) is 65.5 Å². The first kappa shape index (κ1) is 23.4. The number of carbonyl (C=O) groups is 2. The molecule has 0 heterocycles. The quantitative estimate of drug-likeness (QED) is 0.667. The maximum Gasteiger partial charge on any atom is 0.261 e. The van der Waals surface area contributed by atoms with Crippen molar-refractivity contribution in [3.8, 4) is 5.75 Å². The highest BCUT2D eigenvalue weighted by molar-refractivity contribution is 5.88. The molecular weight excluding hydrogens is 383 g/mol. The van der Waals surface area contributed by atoms with E-state index >= 15 is 0 Å². The van der Waals surface area contributed by atoms with E-state index in [1.165, 1.54) is 17.0 Å². The average molecular weight is 415 g/mol. The minimum absolute atomic E-state index is 0.0445. The van der Waals surface area contributed by atoms with Crippen LogP contribution in [0.4, 0.5) is 4.39 Å². The van der Waals surface area contributed by atoms with Crippen LogP contribution in [-0.4, -0.2) is 35.4 Å². The Morgan fingerprint density at radius 1 is 1.00 bits per heavy atom. The van der Waals surface area contributed by atoms with Crippen LogP contribution in [0.25, 0.3) is 0 Å². The highest BCUT2D eigenvalue weighted by Crippen LogP contribution is 2.26. The summed E-state index contributed by atoms with van der Waals surface area (Å²) in [7, 11) is 0. The molecule has 0 aliphatic heterocycles. The molecule has 30 heavy (non-hydrogen) atoms. The Kier molecular flexibility index (Phi) is 8.39. The van der Waals surface area contributed by atoms with E-state index in [2.05, 4.69) is 19.2 Å². The fraction of sp³-hybridized carbons (Fsp3) is 0.417. The first-order valence-electron chi connectivity index (χ1n) is 10.2. The molecule has 162 valence electrons. The van der Waals surface area contributed by atoms with Gasteiger partial charge in [0, 0.05) is 12.6 Å². The molecule has 0 unspecified atom stereocenters. The fourth-order valence-corrected chi connectivity index (χ4v) is 3.09. The Morgan fingerprint density at radius 3 is 2.23 bits per heavy atom. The van der Waals surface area contributed by atoms with Gasteiger partial charge in [0.2, 0.25) is 5.91 Å². The van der Waals surface area contributed by atoms with Crippen LogP contribution < -0.4 is 10.1 Å². The lowest BCUT2D eigenvalue weighted by molar-refractivity contribution is -0.142. The normalized spacial score (nSPS) is 12.0. The molecule has 0 radical (unpaired) electrons. The third kappa shape index (κ3) is 6.58. The molecule has 2 aromatic rings. The Bertz CT molecular complexity index is 850. The molecule has 0 aliphatic carbocycles. The smallest absolute Gasteiger partial charge is 0.261 e. The number of para-hydroxylation sites is 1. The van der Waals surface area contributed by atoms with E-state index in [1.54, 1.807) is 19.1 Å². The van der Waals surface area contributed by atoms with Crippen molar-refractivity contribution in [2.24, 2.45) is 0 Å². The number of hydrogen-bond acceptors (Lipinski definition) is 3. The van der Waals surface area contributed by atoms with E-state index in [0.29, 0.717) is 5.75 Å². The standard InChI is InChI=1S/C24H31FN2O3/c1-16(2)21-8-6-7-9-22(21)30-15-23(28)27(18(5)24(29)26-17(3)4)14-19-10-12-20(25)13-11-19/h6-13,16-18H,14-15H2,1-5H3,(H,26,29)/t18-/m1/s1. The largest absolute Gasteiger partial charge is 0.483 e. The lowest BCUT2D eigenvalue weighted by atomic mass is 10.0. The van der Waals surface area contributed by atoms with Crippen LogP contribution in [0.1, 0.15) is 51.7 Å².